The zero-order valence-corrected chi connectivity index (χ0v) is 24.2. The van der Waals surface area contributed by atoms with Crippen molar-refractivity contribution < 1.29 is 53.8 Å². The van der Waals surface area contributed by atoms with Crippen LogP contribution in [0.2, 0.25) is 4.34 Å². The fourth-order valence-corrected chi connectivity index (χ4v) is 4.55. The Hall–Kier alpha value is -0.918. The summed E-state index contributed by atoms with van der Waals surface area (Å²) in [4.78, 5) is 13.7. The van der Waals surface area contributed by atoms with E-state index in [0.717, 1.165) is 28.0 Å². The van der Waals surface area contributed by atoms with Gasteiger partial charge in [0, 0.05) is 5.56 Å². The summed E-state index contributed by atoms with van der Waals surface area (Å²) in [6, 6.07) is 3.52. The third kappa shape index (κ3) is 7.04. The maximum absolute atomic E-state index is 13.5. The fourth-order valence-electron chi connectivity index (χ4n) is 2.81. The van der Waals surface area contributed by atoms with Crippen LogP contribution in [0.3, 0.4) is 0 Å². The van der Waals surface area contributed by atoms with Gasteiger partial charge in [-0.1, -0.05) is 24.1 Å². The Bertz CT molecular complexity index is 1040. The summed E-state index contributed by atoms with van der Waals surface area (Å²) in [6.45, 7) is 8.41. The number of carbonyl (C=O) groups excluding carboxylic acids is 1. The van der Waals surface area contributed by atoms with Gasteiger partial charge in [-0.3, -0.25) is 6.29 Å². The summed E-state index contributed by atoms with van der Waals surface area (Å²) in [5, 5.41) is 0.314. The normalized spacial score (nSPS) is 10.8. The molecule has 0 amide bonds. The summed E-state index contributed by atoms with van der Waals surface area (Å²) in [5.74, 6) is 0.476. The molecule has 0 saturated carbocycles. The average molecular weight is 727 g/mol. The third-order valence-corrected chi connectivity index (χ3v) is 6.50. The average Bonchev–Trinajstić information content (AvgIpc) is 3.35. The van der Waals surface area contributed by atoms with Crippen LogP contribution in [0.25, 0.3) is 10.7 Å². The Morgan fingerprint density at radius 3 is 2.47 bits per heavy atom. The van der Waals surface area contributed by atoms with Crippen molar-refractivity contribution in [2.24, 2.45) is 0 Å². The monoisotopic (exact) mass is 726 g/mol. The number of nitrogens with zero attached hydrogens (tertiary/aromatic N) is 2. The van der Waals surface area contributed by atoms with Gasteiger partial charge in [-0.25, -0.2) is 4.98 Å². The van der Waals surface area contributed by atoms with Crippen molar-refractivity contribution in [2.75, 3.05) is 0 Å². The first-order chi connectivity index (χ1) is 14.7. The molecule has 0 atom stereocenters. The minimum absolute atomic E-state index is 0. The number of rotatable bonds is 7. The smallest absolute Gasteiger partial charge is 0.542 e. The SMILES string of the molecule is Cc1c(CC[C-]=O)ccc(OCc2c(-c3ncc(Cl)s3)nsc2C(F)(F)F)c1C.[CH2-]C.[U+2]. The van der Waals surface area contributed by atoms with Crippen LogP contribution in [-0.4, -0.2) is 15.6 Å². The molecule has 2 aromatic heterocycles. The molecule has 0 fully saturated rings. The number of aromatic nitrogens is 2. The molecule has 170 valence electrons. The Morgan fingerprint density at radius 2 is 1.91 bits per heavy atom. The number of halogens is 4. The van der Waals surface area contributed by atoms with E-state index in [4.69, 9.17) is 16.3 Å². The van der Waals surface area contributed by atoms with Crippen LogP contribution in [-0.2, 0) is 24.0 Å². The number of thiazole rings is 1. The van der Waals surface area contributed by atoms with Crippen LogP contribution in [0.15, 0.2) is 18.3 Å². The first kappa shape index (κ1) is 29.1. The van der Waals surface area contributed by atoms with Gasteiger partial charge in [0.15, 0.2) is 0 Å². The molecular formula is C21H20ClF3N2O2S2U. The molecule has 0 unspecified atom stereocenters. The zero-order chi connectivity index (χ0) is 23.2. The molecule has 32 heavy (non-hydrogen) atoms. The molecule has 11 heteroatoms. The minimum atomic E-state index is -4.55. The Balaban J connectivity index is 0.00000166. The summed E-state index contributed by atoms with van der Waals surface area (Å²) in [6.07, 6.45) is -0.471. The molecule has 3 rings (SSSR count). The van der Waals surface area contributed by atoms with E-state index in [0.29, 0.717) is 33.0 Å². The van der Waals surface area contributed by atoms with Crippen LogP contribution in [0.1, 0.15) is 40.5 Å². The van der Waals surface area contributed by atoms with Crippen LogP contribution in [0.4, 0.5) is 13.2 Å². The first-order valence-electron chi connectivity index (χ1n) is 9.17. The Kier molecular flexibility index (Phi) is 11.9. The van der Waals surface area contributed by atoms with Gasteiger partial charge < -0.3 is 16.5 Å². The predicted molar refractivity (Wildman–Crippen MR) is 119 cm³/mol. The number of ether oxygens (including phenoxy) is 1. The van der Waals surface area contributed by atoms with Gasteiger partial charge in [-0.15, -0.1) is 17.8 Å². The zero-order valence-electron chi connectivity index (χ0n) is 17.6. The van der Waals surface area contributed by atoms with E-state index >= 15 is 0 Å². The molecule has 0 radical (unpaired) electrons. The third-order valence-electron chi connectivity index (χ3n) is 4.44. The molecule has 0 aliphatic carbocycles. The molecular weight excluding hydrogens is 707 g/mol. The van der Waals surface area contributed by atoms with E-state index in [1.807, 2.05) is 26.2 Å². The molecule has 2 heterocycles. The largest absolute Gasteiger partial charge is 2.00 e. The first-order valence-corrected chi connectivity index (χ1v) is 11.1. The van der Waals surface area contributed by atoms with Gasteiger partial charge in [-0.05, 0) is 48.1 Å². The van der Waals surface area contributed by atoms with Crippen molar-refractivity contribution in [3.05, 3.63) is 56.7 Å². The summed E-state index contributed by atoms with van der Waals surface area (Å²) < 4.78 is 50.5. The molecule has 0 bridgehead atoms. The van der Waals surface area contributed by atoms with Gasteiger partial charge >= 0.3 is 37.3 Å². The van der Waals surface area contributed by atoms with Gasteiger partial charge in [0.1, 0.15) is 32.3 Å². The quantitative estimate of drug-likeness (QED) is 0.246. The second-order valence-electron chi connectivity index (χ2n) is 6.21. The second-order valence-corrected chi connectivity index (χ2v) is 8.65. The van der Waals surface area contributed by atoms with Crippen LogP contribution in [0, 0.1) is 51.9 Å². The van der Waals surface area contributed by atoms with Gasteiger partial charge in [0.05, 0.1) is 6.20 Å². The molecule has 0 saturated heterocycles. The van der Waals surface area contributed by atoms with Crippen molar-refractivity contribution in [2.45, 2.75) is 46.4 Å². The summed E-state index contributed by atoms with van der Waals surface area (Å²) in [5.41, 5.74) is 2.79. The number of alkyl halides is 3. The second kappa shape index (κ2) is 13.1. The molecule has 0 spiro atoms. The van der Waals surface area contributed by atoms with Gasteiger partial charge in [0.25, 0.3) is 0 Å². The van der Waals surface area contributed by atoms with Crippen LogP contribution in [0.5, 0.6) is 5.75 Å². The van der Waals surface area contributed by atoms with Crippen LogP contribution >= 0.6 is 34.5 Å². The van der Waals surface area contributed by atoms with Crippen molar-refractivity contribution >= 4 is 40.8 Å². The maximum Gasteiger partial charge on any atom is 2.00 e. The van der Waals surface area contributed by atoms with Crippen molar-refractivity contribution in [3.8, 4) is 16.5 Å². The number of benzene rings is 1. The van der Waals surface area contributed by atoms with E-state index in [-0.39, 0.29) is 55.4 Å². The Labute approximate surface area is 222 Å². The molecule has 0 aliphatic rings. The number of hydrogen-bond donors (Lipinski definition) is 0. The van der Waals surface area contributed by atoms with E-state index in [1.165, 1.54) is 6.20 Å². The number of hydrogen-bond acceptors (Lipinski definition) is 6. The van der Waals surface area contributed by atoms with E-state index in [2.05, 4.69) is 16.3 Å². The minimum Gasteiger partial charge on any atom is -0.542 e. The van der Waals surface area contributed by atoms with E-state index in [1.54, 1.807) is 13.0 Å². The van der Waals surface area contributed by atoms with Crippen LogP contribution < -0.4 is 4.74 Å². The summed E-state index contributed by atoms with van der Waals surface area (Å²) >= 11 is 7.31. The van der Waals surface area contributed by atoms with Crippen molar-refractivity contribution in [1.82, 2.24) is 9.36 Å². The van der Waals surface area contributed by atoms with Crippen molar-refractivity contribution in [1.29, 1.82) is 0 Å². The van der Waals surface area contributed by atoms with E-state index in [9.17, 15) is 18.0 Å². The predicted octanol–water partition coefficient (Wildman–Crippen LogP) is 7.02. The molecule has 0 N–H and O–H groups in total. The summed E-state index contributed by atoms with van der Waals surface area (Å²) in [7, 11) is 0. The maximum atomic E-state index is 13.5. The Morgan fingerprint density at radius 1 is 1.22 bits per heavy atom. The van der Waals surface area contributed by atoms with Gasteiger partial charge in [-0.2, -0.15) is 24.5 Å². The molecule has 0 aliphatic heterocycles. The van der Waals surface area contributed by atoms with Crippen molar-refractivity contribution in [3.63, 3.8) is 0 Å². The molecule has 3 aromatic rings. The standard InChI is InChI=1S/C19H15ClF3N2O2S2.C2H5.U/c1-10-11(2)14(6-5-12(10)4-3-7-26)27-9-13-16(18-24-8-15(20)28-18)25-29-17(13)19(21,22)23;1-2;/h5-6,8H,3-4,9H2,1-2H3;1H2,2H3;/q2*-1;+2. The fraction of sp³-hybridized carbons (Fsp3) is 0.333. The topological polar surface area (TPSA) is 52.1 Å². The van der Waals surface area contributed by atoms with E-state index < -0.39 is 11.1 Å². The molecule has 1 aromatic carbocycles. The molecule has 4 nitrogen and oxygen atoms in total. The van der Waals surface area contributed by atoms with Gasteiger partial charge in [0.2, 0.25) is 0 Å². The number of aryl methyl sites for hydroxylation is 1.